The Morgan fingerprint density at radius 3 is 1.92 bits per heavy atom. The molecule has 0 bridgehead atoms. The molecule has 0 aromatic carbocycles. The second-order valence-corrected chi connectivity index (χ2v) is 6.19. The maximum absolute atomic E-state index is 11.4. The molecule has 0 amide bonds. The minimum Gasteiger partial charge on any atom is -0.463 e. The lowest BCUT2D eigenvalue weighted by Gasteiger charge is -2.46. The van der Waals surface area contributed by atoms with Crippen LogP contribution in [0.3, 0.4) is 0 Å². The molecule has 1 saturated heterocycles. The fourth-order valence-corrected chi connectivity index (χ4v) is 2.51. The van der Waals surface area contributed by atoms with E-state index in [-0.39, 0.29) is 6.61 Å². The standard InChI is InChI=1S/C15H24O9/c1-7(16)21-6-10-12(22-8(2)17)13(23-9(3)18)11(19)14(24-10)15(4,5)20/h10-14,19-20H,6H2,1-5H3/t10-,11-,12+,13-,14+/m1/s1. The first-order valence-corrected chi connectivity index (χ1v) is 7.47. The van der Waals surface area contributed by atoms with E-state index in [0.717, 1.165) is 13.8 Å². The van der Waals surface area contributed by atoms with Crippen LogP contribution >= 0.6 is 0 Å². The Morgan fingerprint density at radius 1 is 1.00 bits per heavy atom. The van der Waals surface area contributed by atoms with Gasteiger partial charge in [-0.25, -0.2) is 0 Å². The van der Waals surface area contributed by atoms with Crippen LogP contribution in [-0.2, 0) is 33.3 Å². The van der Waals surface area contributed by atoms with Gasteiger partial charge in [0.15, 0.2) is 12.2 Å². The Labute approximate surface area is 139 Å². The Kier molecular flexibility index (Phi) is 6.70. The van der Waals surface area contributed by atoms with Crippen molar-refractivity contribution in [3.8, 4) is 0 Å². The molecule has 1 heterocycles. The molecule has 138 valence electrons. The second kappa shape index (κ2) is 7.91. The first-order chi connectivity index (χ1) is 10.9. The van der Waals surface area contributed by atoms with Gasteiger partial charge in [-0.3, -0.25) is 14.4 Å². The van der Waals surface area contributed by atoms with Gasteiger partial charge in [-0.2, -0.15) is 0 Å². The minimum absolute atomic E-state index is 0.301. The number of hydrogen-bond acceptors (Lipinski definition) is 9. The average molecular weight is 348 g/mol. The van der Waals surface area contributed by atoms with Crippen LogP contribution in [-0.4, -0.2) is 70.8 Å². The van der Waals surface area contributed by atoms with Gasteiger partial charge in [0.25, 0.3) is 0 Å². The van der Waals surface area contributed by atoms with E-state index in [0.29, 0.717) is 0 Å². The average Bonchev–Trinajstić information content (AvgIpc) is 2.39. The summed E-state index contributed by atoms with van der Waals surface area (Å²) in [5, 5.41) is 20.6. The van der Waals surface area contributed by atoms with E-state index in [1.807, 2.05) is 0 Å². The molecule has 0 aromatic heterocycles. The topological polar surface area (TPSA) is 129 Å². The summed E-state index contributed by atoms with van der Waals surface area (Å²) in [6.07, 6.45) is -6.11. The molecule has 1 aliphatic rings. The first kappa shape index (κ1) is 20.3. The third-order valence-electron chi connectivity index (χ3n) is 3.41. The number of aliphatic hydroxyl groups excluding tert-OH is 1. The predicted octanol–water partition coefficient (Wildman–Crippen LogP) is -0.688. The molecule has 1 aliphatic heterocycles. The number of esters is 3. The van der Waals surface area contributed by atoms with Crippen molar-refractivity contribution in [3.63, 3.8) is 0 Å². The Morgan fingerprint density at radius 2 is 1.50 bits per heavy atom. The van der Waals surface area contributed by atoms with Crippen LogP contribution in [0.2, 0.25) is 0 Å². The summed E-state index contributed by atoms with van der Waals surface area (Å²) in [5.74, 6) is -1.99. The molecule has 0 aliphatic carbocycles. The number of rotatable bonds is 5. The summed E-state index contributed by atoms with van der Waals surface area (Å²) in [6, 6.07) is 0. The monoisotopic (exact) mass is 348 g/mol. The third-order valence-corrected chi connectivity index (χ3v) is 3.41. The molecule has 0 spiro atoms. The summed E-state index contributed by atoms with van der Waals surface area (Å²) < 4.78 is 20.7. The molecule has 1 fully saturated rings. The molecule has 0 radical (unpaired) electrons. The van der Waals surface area contributed by atoms with Crippen molar-refractivity contribution in [1.82, 2.24) is 0 Å². The van der Waals surface area contributed by atoms with E-state index in [4.69, 9.17) is 18.9 Å². The molecule has 0 saturated carbocycles. The Bertz CT molecular complexity index is 482. The fourth-order valence-electron chi connectivity index (χ4n) is 2.51. The van der Waals surface area contributed by atoms with Gasteiger partial charge in [0, 0.05) is 20.8 Å². The molecule has 24 heavy (non-hydrogen) atoms. The summed E-state index contributed by atoms with van der Waals surface area (Å²) in [5.41, 5.74) is -1.49. The van der Waals surface area contributed by atoms with Crippen LogP contribution in [0.5, 0.6) is 0 Å². The predicted molar refractivity (Wildman–Crippen MR) is 78.7 cm³/mol. The number of carbonyl (C=O) groups is 3. The van der Waals surface area contributed by atoms with Crippen molar-refractivity contribution < 1.29 is 43.5 Å². The highest BCUT2D eigenvalue weighted by Gasteiger charge is 2.53. The molecule has 5 atom stereocenters. The second-order valence-electron chi connectivity index (χ2n) is 6.19. The zero-order chi connectivity index (χ0) is 18.7. The number of carbonyl (C=O) groups excluding carboxylic acids is 3. The number of ether oxygens (including phenoxy) is 4. The van der Waals surface area contributed by atoms with Gasteiger partial charge in [0.1, 0.15) is 24.9 Å². The van der Waals surface area contributed by atoms with E-state index in [2.05, 4.69) is 0 Å². The fraction of sp³-hybridized carbons (Fsp3) is 0.800. The maximum atomic E-state index is 11.4. The molecular weight excluding hydrogens is 324 g/mol. The highest BCUT2D eigenvalue weighted by atomic mass is 16.6. The van der Waals surface area contributed by atoms with E-state index in [1.165, 1.54) is 20.8 Å². The van der Waals surface area contributed by atoms with Gasteiger partial charge in [-0.05, 0) is 13.8 Å². The molecular formula is C15H24O9. The molecule has 9 nitrogen and oxygen atoms in total. The van der Waals surface area contributed by atoms with Crippen LogP contribution in [0.25, 0.3) is 0 Å². The van der Waals surface area contributed by atoms with Crippen LogP contribution in [0, 0.1) is 0 Å². The van der Waals surface area contributed by atoms with Crippen molar-refractivity contribution in [1.29, 1.82) is 0 Å². The minimum atomic E-state index is -1.49. The Hall–Kier alpha value is -1.71. The van der Waals surface area contributed by atoms with Crippen LogP contribution in [0.1, 0.15) is 34.6 Å². The largest absolute Gasteiger partial charge is 0.463 e. The molecule has 0 aromatic rings. The zero-order valence-electron chi connectivity index (χ0n) is 14.3. The molecule has 2 N–H and O–H groups in total. The van der Waals surface area contributed by atoms with Crippen LogP contribution in [0.4, 0.5) is 0 Å². The van der Waals surface area contributed by atoms with Crippen molar-refractivity contribution in [2.24, 2.45) is 0 Å². The molecule has 0 unspecified atom stereocenters. The number of aliphatic hydroxyl groups is 2. The van der Waals surface area contributed by atoms with Gasteiger partial charge >= 0.3 is 17.9 Å². The van der Waals surface area contributed by atoms with Gasteiger partial charge in [-0.15, -0.1) is 0 Å². The molecule has 1 rings (SSSR count). The highest BCUT2D eigenvalue weighted by molar-refractivity contribution is 5.67. The maximum Gasteiger partial charge on any atom is 0.303 e. The van der Waals surface area contributed by atoms with Gasteiger partial charge in [0.2, 0.25) is 0 Å². The normalized spacial score (nSPS) is 30.4. The van der Waals surface area contributed by atoms with Crippen molar-refractivity contribution in [2.45, 2.75) is 70.7 Å². The van der Waals surface area contributed by atoms with Crippen molar-refractivity contribution in [2.75, 3.05) is 6.61 Å². The lowest BCUT2D eigenvalue weighted by atomic mass is 9.86. The Balaban J connectivity index is 3.16. The third kappa shape index (κ3) is 5.43. The van der Waals surface area contributed by atoms with E-state index < -0.39 is 54.0 Å². The van der Waals surface area contributed by atoms with Crippen LogP contribution < -0.4 is 0 Å². The van der Waals surface area contributed by atoms with Crippen molar-refractivity contribution >= 4 is 17.9 Å². The zero-order valence-corrected chi connectivity index (χ0v) is 14.3. The lowest BCUT2D eigenvalue weighted by Crippen LogP contribution is -2.65. The number of hydrogen-bond donors (Lipinski definition) is 2. The SMILES string of the molecule is CC(=O)OC[C@H]1O[C@H](C(C)(C)O)[C@H](O)[C@@H](OC(C)=O)[C@H]1OC(C)=O. The molecule has 9 heteroatoms. The van der Waals surface area contributed by atoms with Gasteiger partial charge in [0.05, 0.1) is 5.60 Å². The van der Waals surface area contributed by atoms with Crippen LogP contribution in [0.15, 0.2) is 0 Å². The smallest absolute Gasteiger partial charge is 0.303 e. The van der Waals surface area contributed by atoms with E-state index in [9.17, 15) is 24.6 Å². The summed E-state index contributed by atoms with van der Waals surface area (Å²) in [6.45, 7) is 5.97. The quantitative estimate of drug-likeness (QED) is 0.490. The van der Waals surface area contributed by atoms with Crippen molar-refractivity contribution in [3.05, 3.63) is 0 Å². The summed E-state index contributed by atoms with van der Waals surface area (Å²) in [7, 11) is 0. The highest BCUT2D eigenvalue weighted by Crippen LogP contribution is 2.31. The first-order valence-electron chi connectivity index (χ1n) is 7.47. The van der Waals surface area contributed by atoms with Gasteiger partial charge in [-0.1, -0.05) is 0 Å². The summed E-state index contributed by atoms with van der Waals surface area (Å²) in [4.78, 5) is 33.8. The van der Waals surface area contributed by atoms with E-state index in [1.54, 1.807) is 0 Å². The summed E-state index contributed by atoms with van der Waals surface area (Å²) >= 11 is 0. The lowest BCUT2D eigenvalue weighted by molar-refractivity contribution is -0.273. The van der Waals surface area contributed by atoms with E-state index >= 15 is 0 Å². The van der Waals surface area contributed by atoms with Gasteiger partial charge < -0.3 is 29.2 Å².